The molecule has 5 heteroatoms. The van der Waals surface area contributed by atoms with Gasteiger partial charge in [0, 0.05) is 25.4 Å². The second-order valence-corrected chi connectivity index (χ2v) is 5.21. The Kier molecular flexibility index (Phi) is 3.15. The van der Waals surface area contributed by atoms with Gasteiger partial charge in [-0.2, -0.15) is 10.4 Å². The summed E-state index contributed by atoms with van der Waals surface area (Å²) < 4.78 is 1.84. The van der Waals surface area contributed by atoms with Crippen molar-refractivity contribution in [3.63, 3.8) is 0 Å². The van der Waals surface area contributed by atoms with Crippen LogP contribution in [-0.2, 0) is 7.05 Å². The molecule has 1 atom stereocenters. The number of hydrogen-bond donors (Lipinski definition) is 0. The lowest BCUT2D eigenvalue weighted by atomic mass is 10.1. The monoisotopic (exact) mass is 267 g/mol. The lowest BCUT2D eigenvalue weighted by Crippen LogP contribution is -2.23. The quantitative estimate of drug-likeness (QED) is 0.838. The van der Waals surface area contributed by atoms with E-state index in [1.54, 1.807) is 0 Å². The maximum Gasteiger partial charge on any atom is 0.129 e. The highest BCUT2D eigenvalue weighted by molar-refractivity contribution is 5.48. The van der Waals surface area contributed by atoms with E-state index in [2.05, 4.69) is 27.2 Å². The molecule has 3 rings (SSSR count). The number of aromatic nitrogens is 3. The van der Waals surface area contributed by atoms with Crippen molar-refractivity contribution in [3.8, 4) is 6.07 Å². The molecule has 0 saturated carbocycles. The van der Waals surface area contributed by atoms with E-state index in [0.29, 0.717) is 11.6 Å². The number of rotatable bonds is 2. The minimum Gasteiger partial charge on any atom is -0.349 e. The summed E-state index contributed by atoms with van der Waals surface area (Å²) in [5.41, 5.74) is 2.67. The number of hydrogen-bond acceptors (Lipinski definition) is 4. The molecule has 20 heavy (non-hydrogen) atoms. The lowest BCUT2D eigenvalue weighted by Gasteiger charge is -2.25. The normalized spacial score (nSPS) is 18.2. The molecule has 0 radical (unpaired) electrons. The van der Waals surface area contributed by atoms with Crippen molar-refractivity contribution >= 4 is 5.82 Å². The van der Waals surface area contributed by atoms with Gasteiger partial charge in [0.15, 0.2) is 0 Å². The summed E-state index contributed by atoms with van der Waals surface area (Å²) in [7, 11) is 1.94. The van der Waals surface area contributed by atoms with Crippen LogP contribution >= 0.6 is 0 Å². The number of pyridine rings is 1. The van der Waals surface area contributed by atoms with Crippen LogP contribution in [0.3, 0.4) is 0 Å². The number of nitriles is 1. The van der Waals surface area contributed by atoms with Crippen molar-refractivity contribution < 1.29 is 0 Å². The topological polar surface area (TPSA) is 57.7 Å². The fourth-order valence-corrected chi connectivity index (χ4v) is 2.83. The largest absolute Gasteiger partial charge is 0.349 e. The molecule has 3 heterocycles. The van der Waals surface area contributed by atoms with Gasteiger partial charge in [-0.15, -0.1) is 0 Å². The second kappa shape index (κ2) is 4.97. The van der Waals surface area contributed by atoms with Crippen molar-refractivity contribution in [1.29, 1.82) is 5.26 Å². The summed E-state index contributed by atoms with van der Waals surface area (Å²) in [4.78, 5) is 6.90. The van der Waals surface area contributed by atoms with E-state index in [1.807, 2.05) is 37.0 Å². The highest BCUT2D eigenvalue weighted by atomic mass is 15.3. The van der Waals surface area contributed by atoms with E-state index < -0.39 is 0 Å². The summed E-state index contributed by atoms with van der Waals surface area (Å²) in [6.45, 7) is 2.88. The Morgan fingerprint density at radius 3 is 2.90 bits per heavy atom. The fraction of sp³-hybridized carbons (Fsp3) is 0.400. The molecule has 1 aliphatic heterocycles. The van der Waals surface area contributed by atoms with Crippen LogP contribution in [0, 0.1) is 18.3 Å². The molecule has 0 aromatic carbocycles. The zero-order chi connectivity index (χ0) is 14.1. The van der Waals surface area contributed by atoms with Crippen LogP contribution in [0.4, 0.5) is 5.82 Å². The van der Waals surface area contributed by atoms with E-state index in [0.717, 1.165) is 30.9 Å². The average molecular weight is 267 g/mol. The van der Waals surface area contributed by atoms with Crippen LogP contribution in [0.25, 0.3) is 0 Å². The Morgan fingerprint density at radius 2 is 2.25 bits per heavy atom. The predicted octanol–water partition coefficient (Wildman–Crippen LogP) is 2.34. The standard InChI is InChI=1S/C15H17N5/c1-11-12(8-16)5-6-15(18-11)20-7-3-4-14(20)13-9-17-19(2)10-13/h5-6,9-10,14H,3-4,7H2,1-2H3. The highest BCUT2D eigenvalue weighted by Crippen LogP contribution is 2.35. The van der Waals surface area contributed by atoms with E-state index in [9.17, 15) is 0 Å². The zero-order valence-corrected chi connectivity index (χ0v) is 11.7. The smallest absolute Gasteiger partial charge is 0.129 e. The molecule has 1 aliphatic rings. The Hall–Kier alpha value is -2.35. The fourth-order valence-electron chi connectivity index (χ4n) is 2.83. The van der Waals surface area contributed by atoms with Gasteiger partial charge in [0.25, 0.3) is 0 Å². The Labute approximate surface area is 118 Å². The molecule has 0 aliphatic carbocycles. The zero-order valence-electron chi connectivity index (χ0n) is 11.7. The molecule has 102 valence electrons. The van der Waals surface area contributed by atoms with Crippen LogP contribution in [0.1, 0.15) is 35.7 Å². The van der Waals surface area contributed by atoms with Gasteiger partial charge >= 0.3 is 0 Å². The predicted molar refractivity (Wildman–Crippen MR) is 76.2 cm³/mol. The Bertz CT molecular complexity index is 667. The molecule has 0 bridgehead atoms. The second-order valence-electron chi connectivity index (χ2n) is 5.21. The van der Waals surface area contributed by atoms with Gasteiger partial charge in [-0.05, 0) is 31.9 Å². The van der Waals surface area contributed by atoms with Gasteiger partial charge in [-0.3, -0.25) is 4.68 Å². The molecular formula is C15H17N5. The molecule has 0 amide bonds. The van der Waals surface area contributed by atoms with Crippen LogP contribution in [0.5, 0.6) is 0 Å². The summed E-state index contributed by atoms with van der Waals surface area (Å²) in [5, 5.41) is 13.3. The maximum atomic E-state index is 8.99. The van der Waals surface area contributed by atoms with Gasteiger partial charge in [-0.1, -0.05) is 0 Å². The summed E-state index contributed by atoms with van der Waals surface area (Å²) >= 11 is 0. The molecule has 1 unspecified atom stereocenters. The third kappa shape index (κ3) is 2.14. The molecule has 1 fully saturated rings. The lowest BCUT2D eigenvalue weighted by molar-refractivity contribution is 0.707. The maximum absolute atomic E-state index is 8.99. The van der Waals surface area contributed by atoms with E-state index in [-0.39, 0.29) is 0 Å². The first-order valence-corrected chi connectivity index (χ1v) is 6.82. The van der Waals surface area contributed by atoms with Crippen molar-refractivity contribution in [1.82, 2.24) is 14.8 Å². The van der Waals surface area contributed by atoms with Gasteiger partial charge < -0.3 is 4.90 Å². The van der Waals surface area contributed by atoms with Crippen LogP contribution < -0.4 is 4.90 Å². The number of aryl methyl sites for hydroxylation is 2. The molecule has 1 saturated heterocycles. The molecular weight excluding hydrogens is 250 g/mol. The van der Waals surface area contributed by atoms with Crippen LogP contribution in [0.15, 0.2) is 24.5 Å². The van der Waals surface area contributed by atoms with Crippen molar-refractivity contribution in [2.24, 2.45) is 7.05 Å². The average Bonchev–Trinajstić information content (AvgIpc) is 3.06. The summed E-state index contributed by atoms with van der Waals surface area (Å²) in [6, 6.07) is 6.30. The van der Waals surface area contributed by atoms with Crippen molar-refractivity contribution in [2.45, 2.75) is 25.8 Å². The first kappa shape index (κ1) is 12.7. The summed E-state index contributed by atoms with van der Waals surface area (Å²) in [6.07, 6.45) is 6.27. The van der Waals surface area contributed by atoms with Gasteiger partial charge in [-0.25, -0.2) is 4.98 Å². The Balaban J connectivity index is 1.93. The first-order valence-electron chi connectivity index (χ1n) is 6.82. The SMILES string of the molecule is Cc1nc(N2CCCC2c2cnn(C)c2)ccc1C#N. The molecule has 0 N–H and O–H groups in total. The number of nitrogens with zero attached hydrogens (tertiary/aromatic N) is 5. The highest BCUT2D eigenvalue weighted by Gasteiger charge is 2.28. The van der Waals surface area contributed by atoms with Gasteiger partial charge in [0.05, 0.1) is 23.5 Å². The number of anilines is 1. The van der Waals surface area contributed by atoms with Crippen molar-refractivity contribution in [3.05, 3.63) is 41.3 Å². The van der Waals surface area contributed by atoms with E-state index in [1.165, 1.54) is 5.56 Å². The third-order valence-electron chi connectivity index (χ3n) is 3.85. The molecule has 0 spiro atoms. The van der Waals surface area contributed by atoms with E-state index in [4.69, 9.17) is 5.26 Å². The van der Waals surface area contributed by atoms with Gasteiger partial charge in [0.1, 0.15) is 11.9 Å². The first-order chi connectivity index (χ1) is 9.69. The van der Waals surface area contributed by atoms with Crippen molar-refractivity contribution in [2.75, 3.05) is 11.4 Å². The minimum atomic E-state index is 0.337. The van der Waals surface area contributed by atoms with Crippen LogP contribution in [-0.4, -0.2) is 21.3 Å². The van der Waals surface area contributed by atoms with Gasteiger partial charge in [0.2, 0.25) is 0 Å². The summed E-state index contributed by atoms with van der Waals surface area (Å²) in [5.74, 6) is 0.952. The molecule has 2 aromatic heterocycles. The molecule has 2 aromatic rings. The molecule has 5 nitrogen and oxygen atoms in total. The third-order valence-corrected chi connectivity index (χ3v) is 3.85. The van der Waals surface area contributed by atoms with E-state index >= 15 is 0 Å². The Morgan fingerprint density at radius 1 is 1.40 bits per heavy atom. The van der Waals surface area contributed by atoms with Crippen LogP contribution in [0.2, 0.25) is 0 Å². The minimum absolute atomic E-state index is 0.337.